The molecule has 12 heavy (non-hydrogen) atoms. The molecule has 0 aliphatic heterocycles. The standard InChI is InChI=1S/C7H14F3NO/c1-5(2)11-4-3-6(12)7(8,9)10/h5-6,11-12H,3-4H2,1-2H3. The van der Waals surface area contributed by atoms with Gasteiger partial charge in [-0.1, -0.05) is 13.8 Å². The maximum absolute atomic E-state index is 11.7. The van der Waals surface area contributed by atoms with E-state index >= 15 is 0 Å². The van der Waals surface area contributed by atoms with Crippen molar-refractivity contribution in [3.63, 3.8) is 0 Å². The predicted molar refractivity (Wildman–Crippen MR) is 39.8 cm³/mol. The molecule has 1 unspecified atom stereocenters. The third-order valence-corrected chi connectivity index (χ3v) is 1.35. The molecule has 0 amide bonds. The van der Waals surface area contributed by atoms with Crippen LogP contribution in [0.3, 0.4) is 0 Å². The maximum Gasteiger partial charge on any atom is 0.414 e. The van der Waals surface area contributed by atoms with E-state index < -0.39 is 12.3 Å². The first-order valence-electron chi connectivity index (χ1n) is 3.82. The van der Waals surface area contributed by atoms with E-state index in [-0.39, 0.29) is 19.0 Å². The van der Waals surface area contributed by atoms with E-state index in [9.17, 15) is 13.2 Å². The van der Waals surface area contributed by atoms with Gasteiger partial charge in [0.25, 0.3) is 0 Å². The van der Waals surface area contributed by atoms with Crippen molar-refractivity contribution in [2.24, 2.45) is 0 Å². The van der Waals surface area contributed by atoms with Crippen LogP contribution in [0.15, 0.2) is 0 Å². The Balaban J connectivity index is 3.51. The second-order valence-corrected chi connectivity index (χ2v) is 2.95. The monoisotopic (exact) mass is 185 g/mol. The summed E-state index contributed by atoms with van der Waals surface area (Å²) in [6.45, 7) is 3.85. The molecular weight excluding hydrogens is 171 g/mol. The summed E-state index contributed by atoms with van der Waals surface area (Å²) in [5.41, 5.74) is 0. The molecule has 0 radical (unpaired) electrons. The largest absolute Gasteiger partial charge is 0.414 e. The summed E-state index contributed by atoms with van der Waals surface area (Å²) < 4.78 is 35.1. The normalized spacial score (nSPS) is 15.2. The molecule has 0 aromatic heterocycles. The number of rotatable bonds is 4. The molecule has 0 aliphatic rings. The van der Waals surface area contributed by atoms with Crippen LogP contribution in [0.25, 0.3) is 0 Å². The molecule has 0 saturated heterocycles. The molecule has 2 nitrogen and oxygen atoms in total. The topological polar surface area (TPSA) is 32.3 Å². The van der Waals surface area contributed by atoms with Gasteiger partial charge in [0.05, 0.1) is 0 Å². The number of hydrogen-bond acceptors (Lipinski definition) is 2. The molecule has 0 bridgehead atoms. The van der Waals surface area contributed by atoms with Crippen LogP contribution < -0.4 is 5.32 Å². The van der Waals surface area contributed by atoms with Gasteiger partial charge in [0.15, 0.2) is 6.10 Å². The van der Waals surface area contributed by atoms with Crippen LogP contribution in [0, 0.1) is 0 Å². The summed E-state index contributed by atoms with van der Waals surface area (Å²) in [4.78, 5) is 0. The summed E-state index contributed by atoms with van der Waals surface area (Å²) in [7, 11) is 0. The summed E-state index contributed by atoms with van der Waals surface area (Å²) >= 11 is 0. The first kappa shape index (κ1) is 11.7. The Morgan fingerprint density at radius 1 is 1.33 bits per heavy atom. The third kappa shape index (κ3) is 5.37. The minimum absolute atomic E-state index is 0.144. The molecule has 1 atom stereocenters. The van der Waals surface area contributed by atoms with E-state index in [4.69, 9.17) is 5.11 Å². The van der Waals surface area contributed by atoms with E-state index in [1.54, 1.807) is 0 Å². The molecule has 0 aromatic carbocycles. The van der Waals surface area contributed by atoms with Crippen LogP contribution in [-0.2, 0) is 0 Å². The van der Waals surface area contributed by atoms with Gasteiger partial charge in [-0.3, -0.25) is 0 Å². The number of halogens is 3. The number of alkyl halides is 3. The van der Waals surface area contributed by atoms with Gasteiger partial charge in [0.1, 0.15) is 0 Å². The van der Waals surface area contributed by atoms with Gasteiger partial charge in [0, 0.05) is 6.04 Å². The highest BCUT2D eigenvalue weighted by atomic mass is 19.4. The number of hydrogen-bond donors (Lipinski definition) is 2. The van der Waals surface area contributed by atoms with Crippen molar-refractivity contribution in [3.05, 3.63) is 0 Å². The van der Waals surface area contributed by atoms with E-state index in [2.05, 4.69) is 5.32 Å². The van der Waals surface area contributed by atoms with Crippen molar-refractivity contribution in [3.8, 4) is 0 Å². The Labute approximate surface area is 69.8 Å². The lowest BCUT2D eigenvalue weighted by atomic mass is 10.2. The van der Waals surface area contributed by atoms with E-state index in [0.717, 1.165) is 0 Å². The van der Waals surface area contributed by atoms with Gasteiger partial charge in [-0.05, 0) is 13.0 Å². The molecular formula is C7H14F3NO. The van der Waals surface area contributed by atoms with Crippen LogP contribution in [0.1, 0.15) is 20.3 Å². The third-order valence-electron chi connectivity index (χ3n) is 1.35. The van der Waals surface area contributed by atoms with E-state index in [1.165, 1.54) is 0 Å². The lowest BCUT2D eigenvalue weighted by Gasteiger charge is -2.15. The van der Waals surface area contributed by atoms with Gasteiger partial charge in [0.2, 0.25) is 0 Å². The smallest absolute Gasteiger partial charge is 0.384 e. The van der Waals surface area contributed by atoms with Crippen LogP contribution in [0.5, 0.6) is 0 Å². The van der Waals surface area contributed by atoms with Crippen molar-refractivity contribution in [2.45, 2.75) is 38.6 Å². The zero-order valence-electron chi connectivity index (χ0n) is 7.15. The maximum atomic E-state index is 11.7. The Bertz CT molecular complexity index is 124. The highest BCUT2D eigenvalue weighted by molar-refractivity contribution is 4.66. The minimum Gasteiger partial charge on any atom is -0.384 e. The molecule has 0 spiro atoms. The van der Waals surface area contributed by atoms with Crippen molar-refractivity contribution < 1.29 is 18.3 Å². The predicted octanol–water partition coefficient (Wildman–Crippen LogP) is 1.30. The molecule has 0 aliphatic carbocycles. The quantitative estimate of drug-likeness (QED) is 0.691. The Hall–Kier alpha value is -0.290. The Kier molecular flexibility index (Phi) is 4.55. The van der Waals surface area contributed by atoms with Gasteiger partial charge in [-0.2, -0.15) is 13.2 Å². The van der Waals surface area contributed by atoms with E-state index in [1.807, 2.05) is 13.8 Å². The number of aliphatic hydroxyl groups excluding tert-OH is 1. The summed E-state index contributed by atoms with van der Waals surface area (Å²) in [5.74, 6) is 0. The fourth-order valence-corrected chi connectivity index (χ4v) is 0.672. The molecule has 74 valence electrons. The molecule has 0 rings (SSSR count). The average molecular weight is 185 g/mol. The number of nitrogens with one attached hydrogen (secondary N) is 1. The fraction of sp³-hybridized carbons (Fsp3) is 1.00. The van der Waals surface area contributed by atoms with Crippen molar-refractivity contribution in [2.75, 3.05) is 6.54 Å². The molecule has 5 heteroatoms. The second kappa shape index (κ2) is 4.67. The lowest BCUT2D eigenvalue weighted by Crippen LogP contribution is -2.33. The van der Waals surface area contributed by atoms with Gasteiger partial charge in [-0.15, -0.1) is 0 Å². The van der Waals surface area contributed by atoms with Crippen LogP contribution in [0.4, 0.5) is 13.2 Å². The van der Waals surface area contributed by atoms with Gasteiger partial charge < -0.3 is 10.4 Å². The first-order chi connectivity index (χ1) is 5.34. The van der Waals surface area contributed by atoms with Crippen LogP contribution in [-0.4, -0.2) is 30.0 Å². The van der Waals surface area contributed by atoms with Crippen LogP contribution >= 0.6 is 0 Å². The highest BCUT2D eigenvalue weighted by Gasteiger charge is 2.37. The molecule has 0 saturated carbocycles. The zero-order valence-corrected chi connectivity index (χ0v) is 7.15. The van der Waals surface area contributed by atoms with Gasteiger partial charge >= 0.3 is 6.18 Å². The van der Waals surface area contributed by atoms with E-state index in [0.29, 0.717) is 0 Å². The first-order valence-corrected chi connectivity index (χ1v) is 3.82. The summed E-state index contributed by atoms with van der Waals surface area (Å²) in [6.07, 6.45) is -6.98. The molecule has 0 aromatic rings. The average Bonchev–Trinajstić information content (AvgIpc) is 1.84. The second-order valence-electron chi connectivity index (χ2n) is 2.95. The fourth-order valence-electron chi connectivity index (χ4n) is 0.672. The van der Waals surface area contributed by atoms with Crippen LogP contribution in [0.2, 0.25) is 0 Å². The SMILES string of the molecule is CC(C)NCCC(O)C(F)(F)F. The highest BCUT2D eigenvalue weighted by Crippen LogP contribution is 2.21. The molecule has 0 heterocycles. The molecule has 2 N–H and O–H groups in total. The number of aliphatic hydroxyl groups is 1. The van der Waals surface area contributed by atoms with Crippen molar-refractivity contribution in [1.29, 1.82) is 0 Å². The Morgan fingerprint density at radius 3 is 2.17 bits per heavy atom. The Morgan fingerprint density at radius 2 is 1.83 bits per heavy atom. The van der Waals surface area contributed by atoms with Gasteiger partial charge in [-0.25, -0.2) is 0 Å². The lowest BCUT2D eigenvalue weighted by molar-refractivity contribution is -0.205. The zero-order chi connectivity index (χ0) is 9.78. The van der Waals surface area contributed by atoms with Crippen molar-refractivity contribution in [1.82, 2.24) is 5.32 Å². The minimum atomic E-state index is -4.49. The summed E-state index contributed by atoms with van der Waals surface area (Å²) in [5, 5.41) is 11.3. The summed E-state index contributed by atoms with van der Waals surface area (Å²) in [6, 6.07) is 0.144. The molecule has 0 fully saturated rings. The van der Waals surface area contributed by atoms with Crippen molar-refractivity contribution >= 4 is 0 Å².